The van der Waals surface area contributed by atoms with Gasteiger partial charge in [-0.2, -0.15) is 5.10 Å². The van der Waals surface area contributed by atoms with Crippen LogP contribution >= 0.6 is 12.4 Å². The minimum absolute atomic E-state index is 0. The zero-order valence-electron chi connectivity index (χ0n) is 9.26. The van der Waals surface area contributed by atoms with Crippen molar-refractivity contribution in [1.82, 2.24) is 9.78 Å². The van der Waals surface area contributed by atoms with Gasteiger partial charge in [0.15, 0.2) is 0 Å². The summed E-state index contributed by atoms with van der Waals surface area (Å²) in [6.45, 7) is 3.48. The van der Waals surface area contributed by atoms with E-state index in [9.17, 15) is 0 Å². The highest BCUT2D eigenvalue weighted by Gasteiger charge is 2.00. The van der Waals surface area contributed by atoms with Crippen LogP contribution in [0.2, 0.25) is 0 Å². The fraction of sp³-hybridized carbons (Fsp3) is 0.250. The van der Waals surface area contributed by atoms with E-state index < -0.39 is 0 Å². The second kappa shape index (κ2) is 5.68. The van der Waals surface area contributed by atoms with Gasteiger partial charge in [0.2, 0.25) is 0 Å². The van der Waals surface area contributed by atoms with E-state index in [1.807, 2.05) is 17.1 Å². The van der Waals surface area contributed by atoms with Crippen LogP contribution in [0, 0.1) is 6.92 Å². The van der Waals surface area contributed by atoms with Crippen LogP contribution in [0.25, 0.3) is 11.1 Å². The maximum Gasteiger partial charge on any atom is 0.0568 e. The second-order valence-electron chi connectivity index (χ2n) is 3.65. The molecule has 1 heterocycles. The molecule has 2 aromatic rings. The Bertz CT molecular complexity index is 451. The van der Waals surface area contributed by atoms with Gasteiger partial charge in [0, 0.05) is 18.3 Å². The SMILES string of the molecule is Cc1cccc(-c2cnn(CCN)c2)c1.Cl. The molecule has 0 unspecified atom stereocenters. The minimum atomic E-state index is 0. The van der Waals surface area contributed by atoms with Gasteiger partial charge in [-0.1, -0.05) is 29.8 Å². The Morgan fingerprint density at radius 3 is 2.81 bits per heavy atom. The molecule has 0 bridgehead atoms. The second-order valence-corrected chi connectivity index (χ2v) is 3.65. The molecule has 4 heteroatoms. The fourth-order valence-corrected chi connectivity index (χ4v) is 1.59. The molecule has 0 saturated carbocycles. The summed E-state index contributed by atoms with van der Waals surface area (Å²) in [5, 5.41) is 4.25. The van der Waals surface area contributed by atoms with Crippen LogP contribution in [0.15, 0.2) is 36.7 Å². The predicted octanol–water partition coefficient (Wildman–Crippen LogP) is 2.24. The molecule has 0 aliphatic carbocycles. The van der Waals surface area contributed by atoms with Crippen LogP contribution in [0.3, 0.4) is 0 Å². The lowest BCUT2D eigenvalue weighted by Gasteiger charge is -1.98. The number of hydrogen-bond acceptors (Lipinski definition) is 2. The Kier molecular flexibility index (Phi) is 4.52. The van der Waals surface area contributed by atoms with Crippen molar-refractivity contribution in [3.8, 4) is 11.1 Å². The van der Waals surface area contributed by atoms with Gasteiger partial charge in [0.1, 0.15) is 0 Å². The maximum atomic E-state index is 5.47. The average molecular weight is 238 g/mol. The standard InChI is InChI=1S/C12H15N3.ClH/c1-10-3-2-4-11(7-10)12-8-14-15(9-12)6-5-13;/h2-4,7-9H,5-6,13H2,1H3;1H. The summed E-state index contributed by atoms with van der Waals surface area (Å²) in [4.78, 5) is 0. The van der Waals surface area contributed by atoms with E-state index in [-0.39, 0.29) is 12.4 Å². The molecule has 3 nitrogen and oxygen atoms in total. The smallest absolute Gasteiger partial charge is 0.0568 e. The molecule has 86 valence electrons. The van der Waals surface area contributed by atoms with E-state index in [2.05, 4.69) is 36.3 Å². The molecule has 0 atom stereocenters. The van der Waals surface area contributed by atoms with Gasteiger partial charge in [-0.3, -0.25) is 4.68 Å². The number of halogens is 1. The molecular formula is C12H16ClN3. The van der Waals surface area contributed by atoms with Crippen molar-refractivity contribution in [2.75, 3.05) is 6.54 Å². The third-order valence-corrected chi connectivity index (χ3v) is 2.34. The number of benzene rings is 1. The molecule has 0 spiro atoms. The lowest BCUT2D eigenvalue weighted by molar-refractivity contribution is 0.625. The third-order valence-electron chi connectivity index (χ3n) is 2.34. The molecule has 0 aliphatic heterocycles. The number of rotatable bonds is 3. The molecule has 0 saturated heterocycles. The zero-order valence-corrected chi connectivity index (χ0v) is 10.1. The van der Waals surface area contributed by atoms with Crippen LogP contribution in [0.5, 0.6) is 0 Å². The summed E-state index contributed by atoms with van der Waals surface area (Å²) in [5.74, 6) is 0. The first kappa shape index (κ1) is 12.7. The van der Waals surface area contributed by atoms with Crippen LogP contribution in [-0.4, -0.2) is 16.3 Å². The van der Waals surface area contributed by atoms with E-state index in [1.165, 1.54) is 11.1 Å². The van der Waals surface area contributed by atoms with Crippen LogP contribution in [0.4, 0.5) is 0 Å². The third kappa shape index (κ3) is 2.84. The van der Waals surface area contributed by atoms with Gasteiger partial charge >= 0.3 is 0 Å². The molecule has 0 amide bonds. The predicted molar refractivity (Wildman–Crippen MR) is 68.7 cm³/mol. The number of hydrogen-bond donors (Lipinski definition) is 1. The van der Waals surface area contributed by atoms with Crippen molar-refractivity contribution in [3.05, 3.63) is 42.2 Å². The van der Waals surface area contributed by atoms with E-state index >= 15 is 0 Å². The highest BCUT2D eigenvalue weighted by molar-refractivity contribution is 5.85. The summed E-state index contributed by atoms with van der Waals surface area (Å²) in [6, 6.07) is 8.40. The van der Waals surface area contributed by atoms with E-state index in [1.54, 1.807) is 0 Å². The number of aromatic nitrogens is 2. The summed E-state index contributed by atoms with van der Waals surface area (Å²) in [6.07, 6.45) is 3.91. The van der Waals surface area contributed by atoms with E-state index in [0.29, 0.717) is 6.54 Å². The summed E-state index contributed by atoms with van der Waals surface area (Å²) < 4.78 is 1.87. The summed E-state index contributed by atoms with van der Waals surface area (Å²) in [5.41, 5.74) is 9.09. The Morgan fingerprint density at radius 2 is 2.12 bits per heavy atom. The van der Waals surface area contributed by atoms with Crippen LogP contribution in [-0.2, 0) is 6.54 Å². The highest BCUT2D eigenvalue weighted by atomic mass is 35.5. The quantitative estimate of drug-likeness (QED) is 0.890. The van der Waals surface area contributed by atoms with Crippen LogP contribution < -0.4 is 5.73 Å². The molecule has 0 fully saturated rings. The first-order valence-corrected chi connectivity index (χ1v) is 5.09. The van der Waals surface area contributed by atoms with Gasteiger partial charge in [-0.25, -0.2) is 0 Å². The Balaban J connectivity index is 0.00000128. The van der Waals surface area contributed by atoms with Gasteiger partial charge in [-0.15, -0.1) is 12.4 Å². The zero-order chi connectivity index (χ0) is 10.7. The normalized spacial score (nSPS) is 9.88. The van der Waals surface area contributed by atoms with Crippen LogP contribution in [0.1, 0.15) is 5.56 Å². The monoisotopic (exact) mass is 237 g/mol. The van der Waals surface area contributed by atoms with Gasteiger partial charge < -0.3 is 5.73 Å². The van der Waals surface area contributed by atoms with Gasteiger partial charge in [0.25, 0.3) is 0 Å². The molecular weight excluding hydrogens is 222 g/mol. The Labute approximate surface area is 102 Å². The summed E-state index contributed by atoms with van der Waals surface area (Å²) >= 11 is 0. The van der Waals surface area contributed by atoms with Gasteiger partial charge in [0.05, 0.1) is 12.7 Å². The largest absolute Gasteiger partial charge is 0.329 e. The molecule has 1 aromatic carbocycles. The van der Waals surface area contributed by atoms with Crippen molar-refractivity contribution < 1.29 is 0 Å². The first-order chi connectivity index (χ1) is 7.29. The summed E-state index contributed by atoms with van der Waals surface area (Å²) in [7, 11) is 0. The molecule has 16 heavy (non-hydrogen) atoms. The lowest BCUT2D eigenvalue weighted by atomic mass is 10.1. The fourth-order valence-electron chi connectivity index (χ4n) is 1.59. The number of aryl methyl sites for hydroxylation is 1. The molecule has 2 rings (SSSR count). The molecule has 0 aliphatic rings. The lowest BCUT2D eigenvalue weighted by Crippen LogP contribution is -2.09. The van der Waals surface area contributed by atoms with Crippen molar-refractivity contribution in [1.29, 1.82) is 0 Å². The maximum absolute atomic E-state index is 5.47. The number of nitrogens with zero attached hydrogens (tertiary/aromatic N) is 2. The topological polar surface area (TPSA) is 43.8 Å². The van der Waals surface area contributed by atoms with E-state index in [4.69, 9.17) is 5.73 Å². The van der Waals surface area contributed by atoms with Crippen molar-refractivity contribution in [3.63, 3.8) is 0 Å². The molecule has 1 aromatic heterocycles. The van der Waals surface area contributed by atoms with E-state index in [0.717, 1.165) is 12.1 Å². The van der Waals surface area contributed by atoms with Crippen molar-refractivity contribution in [2.24, 2.45) is 5.73 Å². The molecule has 2 N–H and O–H groups in total. The number of nitrogens with two attached hydrogens (primary N) is 1. The van der Waals surface area contributed by atoms with Crippen molar-refractivity contribution in [2.45, 2.75) is 13.5 Å². The average Bonchev–Trinajstić information content (AvgIpc) is 2.67. The minimum Gasteiger partial charge on any atom is -0.329 e. The Hall–Kier alpha value is -1.32. The van der Waals surface area contributed by atoms with Gasteiger partial charge in [-0.05, 0) is 12.5 Å². The molecule has 0 radical (unpaired) electrons. The Morgan fingerprint density at radius 1 is 1.31 bits per heavy atom. The highest BCUT2D eigenvalue weighted by Crippen LogP contribution is 2.19. The first-order valence-electron chi connectivity index (χ1n) is 5.09. The van der Waals surface area contributed by atoms with Crippen molar-refractivity contribution >= 4 is 12.4 Å².